The van der Waals surface area contributed by atoms with Gasteiger partial charge in [-0.15, -0.1) is 22.7 Å². The molecule has 2 saturated carbocycles. The average molecular weight is 973 g/mol. The van der Waals surface area contributed by atoms with Crippen molar-refractivity contribution in [1.29, 1.82) is 0 Å². The summed E-state index contributed by atoms with van der Waals surface area (Å²) in [6.45, 7) is 12.1. The van der Waals surface area contributed by atoms with Crippen LogP contribution in [0.25, 0.3) is 43.2 Å². The summed E-state index contributed by atoms with van der Waals surface area (Å²) in [7, 11) is -3.79. The predicted octanol–water partition coefficient (Wildman–Crippen LogP) is 7.02. The first-order chi connectivity index (χ1) is 31.8. The number of H-pyrrole nitrogens is 1. The Morgan fingerprint density at radius 1 is 0.642 bits per heavy atom. The third-order valence-corrected chi connectivity index (χ3v) is 17.6. The summed E-state index contributed by atoms with van der Waals surface area (Å²) in [5.74, 6) is 1.05. The molecule has 6 aromatic heterocycles. The van der Waals surface area contributed by atoms with Crippen LogP contribution in [-0.4, -0.2) is 117 Å². The third-order valence-electron chi connectivity index (χ3n) is 14.1. The van der Waals surface area contributed by atoms with Crippen LogP contribution in [0.3, 0.4) is 0 Å². The SMILES string of the molecule is Cc1cnc(-c2c[nH]c3ncc(C4CCC(N5CCCOCC5)CC4)cc23)s1.Cc1cnc(-c2cn(S(=O)(=O)c3ccccc3)c3ncc(C4CCC(N5CCCOCC5)CC4)cc23)s1.[Na+].[OH-]. The second-order valence-electron chi connectivity index (χ2n) is 18.2. The number of nitrogens with one attached hydrogen (secondary N) is 1. The normalized spacial score (nSPS) is 22.2. The molecular weight excluding hydrogens is 912 g/mol. The van der Waals surface area contributed by atoms with E-state index in [9.17, 15) is 8.42 Å². The first-order valence-corrected chi connectivity index (χ1v) is 26.6. The number of benzene rings is 1. The van der Waals surface area contributed by atoms with Gasteiger partial charge < -0.3 is 19.9 Å². The summed E-state index contributed by atoms with van der Waals surface area (Å²) in [5, 5.41) is 3.95. The van der Waals surface area contributed by atoms with Gasteiger partial charge >= 0.3 is 29.6 Å². The first-order valence-electron chi connectivity index (χ1n) is 23.6. The van der Waals surface area contributed by atoms with Crippen LogP contribution in [0.5, 0.6) is 0 Å². The van der Waals surface area contributed by atoms with Gasteiger partial charge in [-0.3, -0.25) is 9.80 Å². The Bertz CT molecular complexity index is 2800. The van der Waals surface area contributed by atoms with Gasteiger partial charge in [0.15, 0.2) is 5.65 Å². The van der Waals surface area contributed by atoms with E-state index in [4.69, 9.17) is 19.4 Å². The first kappa shape index (κ1) is 50.0. The Balaban J connectivity index is 0.000000183. The van der Waals surface area contributed by atoms with Crippen molar-refractivity contribution in [3.05, 3.63) is 101 Å². The molecule has 2 aliphatic heterocycles. The number of aryl methyl sites for hydroxylation is 2. The van der Waals surface area contributed by atoms with E-state index >= 15 is 0 Å². The number of aromatic amines is 1. The number of aromatic nitrogens is 6. The monoisotopic (exact) mass is 972 g/mol. The predicted molar refractivity (Wildman–Crippen MR) is 262 cm³/mol. The average Bonchev–Trinajstić information content (AvgIpc) is 4.07. The van der Waals surface area contributed by atoms with Crippen LogP contribution in [0.15, 0.2) is 84.5 Å². The van der Waals surface area contributed by atoms with Crippen molar-refractivity contribution in [1.82, 2.24) is 38.7 Å². The summed E-state index contributed by atoms with van der Waals surface area (Å²) < 4.78 is 39.8. The smallest absolute Gasteiger partial charge is 0.870 e. The van der Waals surface area contributed by atoms with Crippen molar-refractivity contribution in [2.24, 2.45) is 0 Å². The summed E-state index contributed by atoms with van der Waals surface area (Å²) in [6, 6.07) is 14.4. The molecule has 0 atom stereocenters. The molecule has 0 unspecified atom stereocenters. The van der Waals surface area contributed by atoms with Crippen molar-refractivity contribution in [2.75, 3.05) is 52.6 Å². The number of fused-ring (bicyclic) bond motifs is 2. The molecule has 350 valence electrons. The van der Waals surface area contributed by atoms with Crippen molar-refractivity contribution in [2.45, 2.75) is 107 Å². The molecule has 0 radical (unpaired) electrons. The molecule has 2 N–H and O–H groups in total. The summed E-state index contributed by atoms with van der Waals surface area (Å²) >= 11 is 3.32. The zero-order valence-corrected chi connectivity index (χ0v) is 43.4. The molecule has 4 fully saturated rings. The van der Waals surface area contributed by atoms with Crippen molar-refractivity contribution in [3.8, 4) is 21.1 Å². The molecule has 0 bridgehead atoms. The van der Waals surface area contributed by atoms with E-state index in [1.165, 1.54) is 82.4 Å². The molecule has 7 aromatic rings. The molecule has 8 heterocycles. The fraction of sp³-hybridized carbons (Fsp3) is 0.480. The quantitative estimate of drug-likeness (QED) is 0.156. The second-order valence-corrected chi connectivity index (χ2v) is 22.5. The molecule has 67 heavy (non-hydrogen) atoms. The van der Waals surface area contributed by atoms with E-state index in [0.29, 0.717) is 23.5 Å². The standard InChI is InChI=1S/C28H32N4O3S2.C22H28N4OS.Na.H2O/c1-20-17-30-28(36-20)26-19-32(37(33,34)24-6-3-2-4-7-24)27-25(26)16-22(18-29-27)21-8-10-23(11-9-21)31-12-5-14-35-15-13-31;1-15-12-25-22(28-15)20-14-24-21-19(20)11-17(13-23-21)16-3-5-18(6-4-16)26-7-2-9-27-10-8-26;;/h2-4,6-7,16-19,21,23H,5,8-15H2,1H3;11-14,16,18H,2-10H2,1H3,(H,23,24);;1H2/q;;+1;/p-1. The molecule has 13 nitrogen and oxygen atoms in total. The molecular formula is C50H61N8NaO5S3. The summed E-state index contributed by atoms with van der Waals surface area (Å²) in [6.07, 6.45) is 23.4. The minimum absolute atomic E-state index is 0. The van der Waals surface area contributed by atoms with Crippen LogP contribution < -0.4 is 29.6 Å². The van der Waals surface area contributed by atoms with Crippen LogP contribution in [0.1, 0.15) is 96.9 Å². The largest absolute Gasteiger partial charge is 1.00 e. The van der Waals surface area contributed by atoms with Gasteiger partial charge in [-0.1, -0.05) is 18.2 Å². The van der Waals surface area contributed by atoms with Crippen LogP contribution in [-0.2, 0) is 19.5 Å². The molecule has 2 saturated heterocycles. The van der Waals surface area contributed by atoms with Crippen molar-refractivity contribution >= 4 is 54.8 Å². The number of nitrogens with zero attached hydrogens (tertiary/aromatic N) is 7. The molecule has 0 amide bonds. The fourth-order valence-electron chi connectivity index (χ4n) is 10.6. The number of ether oxygens (including phenoxy) is 2. The van der Waals surface area contributed by atoms with Gasteiger partial charge in [0.05, 0.1) is 18.1 Å². The maximum absolute atomic E-state index is 13.6. The molecule has 11 rings (SSSR count). The van der Waals surface area contributed by atoms with E-state index < -0.39 is 10.0 Å². The van der Waals surface area contributed by atoms with Crippen LogP contribution in [0.4, 0.5) is 0 Å². The summed E-state index contributed by atoms with van der Waals surface area (Å²) in [4.78, 5) is 29.8. The molecule has 0 spiro atoms. The van der Waals surface area contributed by atoms with Gasteiger partial charge in [-0.05, 0) is 125 Å². The number of thiazole rings is 2. The summed E-state index contributed by atoms with van der Waals surface area (Å²) in [5.41, 5.74) is 5.99. The van der Waals surface area contributed by atoms with Gasteiger partial charge in [-0.25, -0.2) is 32.3 Å². The van der Waals surface area contributed by atoms with Gasteiger partial charge in [0.25, 0.3) is 10.0 Å². The molecule has 1 aromatic carbocycles. The zero-order chi connectivity index (χ0) is 44.3. The third kappa shape index (κ3) is 11.2. The Morgan fingerprint density at radius 2 is 1.18 bits per heavy atom. The number of rotatable bonds is 8. The van der Waals surface area contributed by atoms with Crippen molar-refractivity contribution < 1.29 is 52.9 Å². The van der Waals surface area contributed by atoms with E-state index in [1.54, 1.807) is 53.1 Å². The van der Waals surface area contributed by atoms with Gasteiger partial charge in [0.2, 0.25) is 0 Å². The zero-order valence-electron chi connectivity index (χ0n) is 39.0. The topological polar surface area (TPSA) is 161 Å². The van der Waals surface area contributed by atoms with E-state index in [-0.39, 0.29) is 39.9 Å². The molecule has 2 aliphatic carbocycles. The maximum Gasteiger partial charge on any atom is 1.00 e. The number of pyridine rings is 2. The molecule has 17 heteroatoms. The van der Waals surface area contributed by atoms with Gasteiger partial charge in [-0.2, -0.15) is 0 Å². The van der Waals surface area contributed by atoms with E-state index in [1.807, 2.05) is 31.6 Å². The van der Waals surface area contributed by atoms with Crippen LogP contribution in [0.2, 0.25) is 0 Å². The number of hydrogen-bond acceptors (Lipinski definition) is 13. The van der Waals surface area contributed by atoms with Crippen LogP contribution in [0, 0.1) is 13.8 Å². The van der Waals surface area contributed by atoms with Crippen LogP contribution >= 0.6 is 22.7 Å². The Hall–Kier alpha value is -3.39. The maximum atomic E-state index is 13.6. The minimum atomic E-state index is -3.79. The Kier molecular flexibility index (Phi) is 16.8. The van der Waals surface area contributed by atoms with Gasteiger partial charge in [0, 0.05) is 120 Å². The van der Waals surface area contributed by atoms with Gasteiger partial charge in [0.1, 0.15) is 15.7 Å². The second kappa shape index (κ2) is 22.6. The van der Waals surface area contributed by atoms with E-state index in [0.717, 1.165) is 103 Å². The number of hydrogen-bond donors (Lipinski definition) is 1. The molecule has 4 aliphatic rings. The van der Waals surface area contributed by atoms with Crippen molar-refractivity contribution in [3.63, 3.8) is 0 Å². The fourth-order valence-corrected chi connectivity index (χ4v) is 13.5. The van der Waals surface area contributed by atoms with E-state index in [2.05, 4.69) is 56.2 Å². The Morgan fingerprint density at radius 3 is 1.73 bits per heavy atom. The Labute approximate surface area is 424 Å². The minimum Gasteiger partial charge on any atom is -0.870 e.